The molecule has 0 aliphatic carbocycles. The smallest absolute Gasteiger partial charge is 0.175 e. The number of halogens is 2. The molecule has 0 aliphatic heterocycles. The Labute approximate surface area is 190 Å². The predicted octanol–water partition coefficient (Wildman–Crippen LogP) is 7.45. The fraction of sp³-hybridized carbons (Fsp3) is 0.160. The summed E-state index contributed by atoms with van der Waals surface area (Å²) >= 11 is 9.86. The molecular formula is C25H21BrClNO2. The number of aryl methyl sites for hydroxylation is 1. The van der Waals surface area contributed by atoms with Gasteiger partial charge in [0.25, 0.3) is 0 Å². The van der Waals surface area contributed by atoms with E-state index in [9.17, 15) is 5.26 Å². The zero-order valence-electron chi connectivity index (χ0n) is 16.8. The number of ether oxygens (including phenoxy) is 2. The van der Waals surface area contributed by atoms with Gasteiger partial charge in [0, 0.05) is 10.6 Å². The van der Waals surface area contributed by atoms with Gasteiger partial charge < -0.3 is 9.47 Å². The minimum Gasteiger partial charge on any atom is -0.490 e. The van der Waals surface area contributed by atoms with Gasteiger partial charge in [-0.3, -0.25) is 0 Å². The minimum absolute atomic E-state index is 0.428. The summed E-state index contributed by atoms with van der Waals surface area (Å²) in [4.78, 5) is 0. The van der Waals surface area contributed by atoms with E-state index < -0.39 is 0 Å². The first-order chi connectivity index (χ1) is 14.5. The third-order valence-electron chi connectivity index (χ3n) is 4.43. The summed E-state index contributed by atoms with van der Waals surface area (Å²) in [7, 11) is 0. The maximum absolute atomic E-state index is 9.65. The van der Waals surface area contributed by atoms with Crippen LogP contribution in [0.1, 0.15) is 29.2 Å². The summed E-state index contributed by atoms with van der Waals surface area (Å²) in [6.07, 6.45) is 1.79. The van der Waals surface area contributed by atoms with Gasteiger partial charge in [0.05, 0.1) is 22.7 Å². The molecule has 30 heavy (non-hydrogen) atoms. The molecule has 0 bridgehead atoms. The van der Waals surface area contributed by atoms with Crippen molar-refractivity contribution in [3.63, 3.8) is 0 Å². The molecule has 0 amide bonds. The third kappa shape index (κ3) is 5.44. The van der Waals surface area contributed by atoms with Crippen LogP contribution in [-0.2, 0) is 6.61 Å². The van der Waals surface area contributed by atoms with E-state index in [1.165, 1.54) is 5.56 Å². The van der Waals surface area contributed by atoms with Crippen LogP contribution in [0.4, 0.5) is 0 Å². The van der Waals surface area contributed by atoms with E-state index in [2.05, 4.69) is 41.1 Å². The highest BCUT2D eigenvalue weighted by atomic mass is 79.9. The first kappa shape index (κ1) is 22.0. The Balaban J connectivity index is 1.93. The van der Waals surface area contributed by atoms with Gasteiger partial charge >= 0.3 is 0 Å². The van der Waals surface area contributed by atoms with Gasteiger partial charge in [-0.1, -0.05) is 59.6 Å². The largest absolute Gasteiger partial charge is 0.490 e. The fourth-order valence-corrected chi connectivity index (χ4v) is 3.74. The van der Waals surface area contributed by atoms with Crippen LogP contribution in [0.3, 0.4) is 0 Å². The van der Waals surface area contributed by atoms with Crippen molar-refractivity contribution in [1.82, 2.24) is 0 Å². The fourth-order valence-electron chi connectivity index (χ4n) is 2.93. The van der Waals surface area contributed by atoms with Gasteiger partial charge in [-0.25, -0.2) is 0 Å². The second kappa shape index (κ2) is 10.3. The van der Waals surface area contributed by atoms with E-state index in [0.717, 1.165) is 15.6 Å². The Kier molecular flexibility index (Phi) is 7.57. The molecule has 0 heterocycles. The lowest BCUT2D eigenvalue weighted by atomic mass is 10.0. The Bertz CT molecular complexity index is 1100. The van der Waals surface area contributed by atoms with Crippen molar-refractivity contribution in [3.8, 4) is 17.6 Å². The van der Waals surface area contributed by atoms with E-state index in [1.807, 2.05) is 49.4 Å². The topological polar surface area (TPSA) is 42.2 Å². The van der Waals surface area contributed by atoms with Crippen LogP contribution < -0.4 is 9.47 Å². The van der Waals surface area contributed by atoms with Crippen molar-refractivity contribution in [1.29, 1.82) is 5.26 Å². The molecular weight excluding hydrogens is 462 g/mol. The van der Waals surface area contributed by atoms with Gasteiger partial charge in [0.15, 0.2) is 11.5 Å². The zero-order chi connectivity index (χ0) is 21.5. The lowest BCUT2D eigenvalue weighted by Crippen LogP contribution is -2.01. The Hall–Kier alpha value is -2.74. The molecule has 3 aromatic carbocycles. The van der Waals surface area contributed by atoms with Gasteiger partial charge in [-0.15, -0.1) is 0 Å². The number of nitrogens with zero attached hydrogens (tertiary/aromatic N) is 1. The highest BCUT2D eigenvalue weighted by Crippen LogP contribution is 2.38. The molecule has 0 radical (unpaired) electrons. The molecule has 3 rings (SSSR count). The summed E-state index contributed by atoms with van der Waals surface area (Å²) in [5, 5.41) is 10.2. The van der Waals surface area contributed by atoms with Crippen molar-refractivity contribution >= 4 is 39.2 Å². The van der Waals surface area contributed by atoms with Crippen LogP contribution in [0.5, 0.6) is 11.5 Å². The van der Waals surface area contributed by atoms with Crippen LogP contribution in [0.15, 0.2) is 65.1 Å². The van der Waals surface area contributed by atoms with Gasteiger partial charge in [-0.05, 0) is 65.2 Å². The molecule has 0 N–H and O–H groups in total. The maximum atomic E-state index is 9.65. The van der Waals surface area contributed by atoms with E-state index in [-0.39, 0.29) is 0 Å². The van der Waals surface area contributed by atoms with Crippen LogP contribution in [0, 0.1) is 18.3 Å². The van der Waals surface area contributed by atoms with Gasteiger partial charge in [-0.2, -0.15) is 5.26 Å². The molecule has 0 aromatic heterocycles. The Morgan fingerprint density at radius 1 is 1.10 bits per heavy atom. The molecule has 0 aliphatic rings. The predicted molar refractivity (Wildman–Crippen MR) is 126 cm³/mol. The third-order valence-corrected chi connectivity index (χ3v) is 5.35. The Morgan fingerprint density at radius 3 is 2.50 bits per heavy atom. The summed E-state index contributed by atoms with van der Waals surface area (Å²) in [5.74, 6) is 1.24. The SMILES string of the molecule is CCOc1cc(C=C(C#N)c2ccccc2Cl)cc(Br)c1OCc1ccc(C)cc1. The summed E-state index contributed by atoms with van der Waals surface area (Å²) in [6, 6.07) is 21.5. The van der Waals surface area contributed by atoms with E-state index >= 15 is 0 Å². The van der Waals surface area contributed by atoms with Crippen molar-refractivity contribution in [2.75, 3.05) is 6.61 Å². The molecule has 3 aromatic rings. The number of nitriles is 1. The van der Waals surface area contributed by atoms with Crippen LogP contribution in [0.2, 0.25) is 5.02 Å². The van der Waals surface area contributed by atoms with Crippen molar-refractivity contribution in [2.45, 2.75) is 20.5 Å². The first-order valence-corrected chi connectivity index (χ1v) is 10.7. The lowest BCUT2D eigenvalue weighted by Gasteiger charge is -2.15. The normalized spacial score (nSPS) is 11.1. The summed E-state index contributed by atoms with van der Waals surface area (Å²) < 4.78 is 12.6. The lowest BCUT2D eigenvalue weighted by molar-refractivity contribution is 0.267. The highest BCUT2D eigenvalue weighted by Gasteiger charge is 2.13. The molecule has 5 heteroatoms. The summed E-state index contributed by atoms with van der Waals surface area (Å²) in [6.45, 7) is 4.90. The molecule has 0 spiro atoms. The molecule has 0 saturated carbocycles. The van der Waals surface area contributed by atoms with Gasteiger partial charge in [0.2, 0.25) is 0 Å². The van der Waals surface area contributed by atoms with Crippen molar-refractivity contribution in [2.24, 2.45) is 0 Å². The second-order valence-corrected chi connectivity index (χ2v) is 7.95. The Morgan fingerprint density at radius 2 is 1.83 bits per heavy atom. The maximum Gasteiger partial charge on any atom is 0.175 e. The van der Waals surface area contributed by atoms with Gasteiger partial charge in [0.1, 0.15) is 6.61 Å². The number of allylic oxidation sites excluding steroid dienone is 1. The second-order valence-electron chi connectivity index (χ2n) is 6.69. The van der Waals surface area contributed by atoms with Crippen molar-refractivity contribution in [3.05, 3.63) is 92.4 Å². The van der Waals surface area contributed by atoms with E-state index in [0.29, 0.717) is 40.9 Å². The minimum atomic E-state index is 0.428. The monoisotopic (exact) mass is 481 g/mol. The number of hydrogen-bond acceptors (Lipinski definition) is 3. The van der Waals surface area contributed by atoms with Crippen molar-refractivity contribution < 1.29 is 9.47 Å². The van der Waals surface area contributed by atoms with Crippen LogP contribution in [0.25, 0.3) is 11.6 Å². The van der Waals surface area contributed by atoms with Crippen LogP contribution >= 0.6 is 27.5 Å². The highest BCUT2D eigenvalue weighted by molar-refractivity contribution is 9.10. The number of benzene rings is 3. The molecule has 0 saturated heterocycles. The summed E-state index contributed by atoms with van der Waals surface area (Å²) in [5.41, 5.74) is 4.26. The molecule has 3 nitrogen and oxygen atoms in total. The molecule has 0 atom stereocenters. The first-order valence-electron chi connectivity index (χ1n) is 9.53. The average molecular weight is 483 g/mol. The number of rotatable bonds is 7. The molecule has 0 unspecified atom stereocenters. The van der Waals surface area contributed by atoms with Crippen LogP contribution in [-0.4, -0.2) is 6.61 Å². The number of hydrogen-bond donors (Lipinski definition) is 0. The molecule has 0 fully saturated rings. The zero-order valence-corrected chi connectivity index (χ0v) is 19.1. The standard InChI is InChI=1S/C25H21BrClNO2/c1-3-29-24-14-19(12-20(15-28)21-6-4-5-7-23(21)27)13-22(26)25(24)30-16-18-10-8-17(2)9-11-18/h4-14H,3,16H2,1-2H3. The van der Waals surface area contributed by atoms with E-state index in [1.54, 1.807) is 12.1 Å². The van der Waals surface area contributed by atoms with E-state index in [4.69, 9.17) is 21.1 Å². The average Bonchev–Trinajstić information content (AvgIpc) is 2.73. The molecule has 152 valence electrons. The quantitative estimate of drug-likeness (QED) is 0.259.